The number of hydrogen-bond donors (Lipinski definition) is 0. The molecule has 3 nitrogen and oxygen atoms in total. The lowest BCUT2D eigenvalue weighted by Crippen LogP contribution is -2.05. The highest BCUT2D eigenvalue weighted by Crippen LogP contribution is 2.29. The minimum absolute atomic E-state index is 0.791. The fourth-order valence-electron chi connectivity index (χ4n) is 0.947. The molecule has 0 amide bonds. The SMILES string of the molecule is Cc1c(F)c(F)c(F)c(F)c1[N+](=O)[O-]. The Hall–Kier alpha value is -1.66. The Balaban J connectivity index is 3.68. The van der Waals surface area contributed by atoms with Crippen LogP contribution in [0.15, 0.2) is 0 Å². The van der Waals surface area contributed by atoms with Crippen molar-refractivity contribution in [2.45, 2.75) is 6.92 Å². The van der Waals surface area contributed by atoms with E-state index in [4.69, 9.17) is 0 Å². The number of benzene rings is 1. The van der Waals surface area contributed by atoms with Gasteiger partial charge in [0.1, 0.15) is 0 Å². The summed E-state index contributed by atoms with van der Waals surface area (Å²) in [5.74, 6) is -7.98. The minimum Gasteiger partial charge on any atom is -0.258 e. The molecule has 0 aliphatic rings. The summed E-state index contributed by atoms with van der Waals surface area (Å²) in [5.41, 5.74) is -2.26. The van der Waals surface area contributed by atoms with Crippen LogP contribution in [0.1, 0.15) is 5.56 Å². The van der Waals surface area contributed by atoms with Crippen molar-refractivity contribution < 1.29 is 22.5 Å². The number of nitro benzene ring substituents is 1. The van der Waals surface area contributed by atoms with Crippen LogP contribution >= 0.6 is 0 Å². The van der Waals surface area contributed by atoms with Crippen LogP contribution in [0.3, 0.4) is 0 Å². The van der Waals surface area contributed by atoms with Gasteiger partial charge in [-0.25, -0.2) is 13.2 Å². The fourth-order valence-corrected chi connectivity index (χ4v) is 0.947. The first-order valence-electron chi connectivity index (χ1n) is 3.34. The van der Waals surface area contributed by atoms with Crippen LogP contribution in [-0.4, -0.2) is 4.92 Å². The molecule has 7 heteroatoms. The van der Waals surface area contributed by atoms with Crippen LogP contribution in [0.4, 0.5) is 23.2 Å². The fraction of sp³-hybridized carbons (Fsp3) is 0.143. The van der Waals surface area contributed by atoms with Gasteiger partial charge in [0.2, 0.25) is 11.6 Å². The lowest BCUT2D eigenvalue weighted by atomic mass is 10.1. The van der Waals surface area contributed by atoms with Crippen LogP contribution in [0.5, 0.6) is 0 Å². The standard InChI is InChI=1S/C7H3F4NO2/c1-2-3(8)4(9)5(10)6(11)7(2)12(13)14/h1H3. The Labute approximate surface area is 75.1 Å². The van der Waals surface area contributed by atoms with Crippen molar-refractivity contribution >= 4 is 5.69 Å². The molecular weight excluding hydrogens is 206 g/mol. The van der Waals surface area contributed by atoms with E-state index in [0.717, 1.165) is 6.92 Å². The number of nitrogens with zero attached hydrogens (tertiary/aromatic N) is 1. The molecule has 76 valence electrons. The maximum atomic E-state index is 12.7. The molecule has 0 atom stereocenters. The Bertz CT molecular complexity index is 390. The molecule has 0 N–H and O–H groups in total. The third-order valence-corrected chi connectivity index (χ3v) is 1.65. The second kappa shape index (κ2) is 3.24. The number of halogens is 4. The minimum atomic E-state index is -2.18. The van der Waals surface area contributed by atoms with Gasteiger partial charge in [-0.15, -0.1) is 0 Å². The molecule has 0 aliphatic heterocycles. The van der Waals surface area contributed by atoms with Gasteiger partial charge in [-0.05, 0) is 6.92 Å². The molecule has 0 fully saturated rings. The van der Waals surface area contributed by atoms with Gasteiger partial charge in [-0.1, -0.05) is 0 Å². The van der Waals surface area contributed by atoms with Gasteiger partial charge < -0.3 is 0 Å². The molecule has 1 aromatic carbocycles. The third kappa shape index (κ3) is 1.30. The van der Waals surface area contributed by atoms with Crippen LogP contribution in [0, 0.1) is 40.3 Å². The van der Waals surface area contributed by atoms with Gasteiger partial charge in [0.25, 0.3) is 0 Å². The Kier molecular flexibility index (Phi) is 2.41. The monoisotopic (exact) mass is 209 g/mol. The molecule has 0 unspecified atom stereocenters. The summed E-state index contributed by atoms with van der Waals surface area (Å²) < 4.78 is 50.4. The Morgan fingerprint density at radius 2 is 1.43 bits per heavy atom. The highest BCUT2D eigenvalue weighted by molar-refractivity contribution is 5.42. The molecule has 14 heavy (non-hydrogen) atoms. The summed E-state index contributed by atoms with van der Waals surface area (Å²) in [5, 5.41) is 10.2. The molecule has 0 bridgehead atoms. The zero-order valence-electron chi connectivity index (χ0n) is 6.78. The molecule has 1 rings (SSSR count). The van der Waals surface area contributed by atoms with Crippen molar-refractivity contribution in [1.29, 1.82) is 0 Å². The van der Waals surface area contributed by atoms with E-state index >= 15 is 0 Å². The smallest absolute Gasteiger partial charge is 0.258 e. The topological polar surface area (TPSA) is 43.1 Å². The molecule has 0 saturated heterocycles. The first-order valence-corrected chi connectivity index (χ1v) is 3.34. The van der Waals surface area contributed by atoms with Gasteiger partial charge in [0, 0.05) is 0 Å². The third-order valence-electron chi connectivity index (χ3n) is 1.65. The predicted octanol–water partition coefficient (Wildman–Crippen LogP) is 2.46. The molecular formula is C7H3F4NO2. The van der Waals surface area contributed by atoms with Crippen LogP contribution in [0.2, 0.25) is 0 Å². The summed E-state index contributed by atoms with van der Waals surface area (Å²) >= 11 is 0. The highest BCUT2D eigenvalue weighted by Gasteiger charge is 2.30. The van der Waals surface area contributed by atoms with Crippen molar-refractivity contribution in [2.75, 3.05) is 0 Å². The second-order valence-corrected chi connectivity index (χ2v) is 2.49. The van der Waals surface area contributed by atoms with Gasteiger partial charge in [0.15, 0.2) is 11.6 Å². The maximum Gasteiger partial charge on any atom is 0.313 e. The van der Waals surface area contributed by atoms with E-state index < -0.39 is 39.4 Å². The zero-order chi connectivity index (χ0) is 11.0. The van der Waals surface area contributed by atoms with Crippen LogP contribution < -0.4 is 0 Å². The normalized spacial score (nSPS) is 10.4. The van der Waals surface area contributed by atoms with Gasteiger partial charge in [-0.3, -0.25) is 10.1 Å². The quantitative estimate of drug-likeness (QED) is 0.234. The molecule has 0 aromatic heterocycles. The Morgan fingerprint density at radius 3 is 1.86 bits per heavy atom. The average Bonchev–Trinajstić information content (AvgIpc) is 2.11. The predicted molar refractivity (Wildman–Crippen MR) is 37.7 cm³/mol. The lowest BCUT2D eigenvalue weighted by molar-refractivity contribution is -0.388. The van der Waals surface area contributed by atoms with Crippen LogP contribution in [-0.2, 0) is 0 Å². The number of rotatable bonds is 1. The van der Waals surface area contributed by atoms with E-state index in [1.807, 2.05) is 0 Å². The van der Waals surface area contributed by atoms with Crippen molar-refractivity contribution in [1.82, 2.24) is 0 Å². The average molecular weight is 209 g/mol. The number of nitro groups is 1. The molecule has 0 radical (unpaired) electrons. The molecule has 1 aromatic rings. The highest BCUT2D eigenvalue weighted by atomic mass is 19.2. The van der Waals surface area contributed by atoms with E-state index in [-0.39, 0.29) is 0 Å². The number of hydrogen-bond acceptors (Lipinski definition) is 2. The largest absolute Gasteiger partial charge is 0.313 e. The summed E-state index contributed by atoms with van der Waals surface area (Å²) in [4.78, 5) is 8.86. The zero-order valence-corrected chi connectivity index (χ0v) is 6.78. The van der Waals surface area contributed by atoms with Crippen molar-refractivity contribution in [3.63, 3.8) is 0 Å². The van der Waals surface area contributed by atoms with Gasteiger partial charge >= 0.3 is 5.69 Å². The molecule has 0 saturated carbocycles. The van der Waals surface area contributed by atoms with Gasteiger partial charge in [0.05, 0.1) is 10.5 Å². The molecule has 0 spiro atoms. The molecule has 0 heterocycles. The summed E-state index contributed by atoms with van der Waals surface area (Å²) in [6, 6.07) is 0. The van der Waals surface area contributed by atoms with E-state index in [0.29, 0.717) is 0 Å². The Morgan fingerprint density at radius 1 is 1.00 bits per heavy atom. The van der Waals surface area contributed by atoms with Crippen LogP contribution in [0.25, 0.3) is 0 Å². The summed E-state index contributed by atoms with van der Waals surface area (Å²) in [7, 11) is 0. The first kappa shape index (κ1) is 10.4. The summed E-state index contributed by atoms with van der Waals surface area (Å²) in [6.07, 6.45) is 0. The second-order valence-electron chi connectivity index (χ2n) is 2.49. The van der Waals surface area contributed by atoms with Crippen molar-refractivity contribution in [3.8, 4) is 0 Å². The van der Waals surface area contributed by atoms with E-state index in [9.17, 15) is 27.7 Å². The first-order chi connectivity index (χ1) is 6.37. The van der Waals surface area contributed by atoms with E-state index in [1.165, 1.54) is 0 Å². The van der Waals surface area contributed by atoms with Crippen molar-refractivity contribution in [3.05, 3.63) is 38.9 Å². The van der Waals surface area contributed by atoms with E-state index in [1.54, 1.807) is 0 Å². The van der Waals surface area contributed by atoms with Crippen molar-refractivity contribution in [2.24, 2.45) is 0 Å². The van der Waals surface area contributed by atoms with E-state index in [2.05, 4.69) is 0 Å². The maximum absolute atomic E-state index is 12.7. The lowest BCUT2D eigenvalue weighted by Gasteiger charge is -2.02. The molecule has 0 aliphatic carbocycles. The summed E-state index contributed by atoms with van der Waals surface area (Å²) in [6.45, 7) is 0.791. The van der Waals surface area contributed by atoms with Gasteiger partial charge in [-0.2, -0.15) is 4.39 Å².